The first kappa shape index (κ1) is 27.2. The van der Waals surface area contributed by atoms with E-state index >= 15 is 0 Å². The molecule has 2 N–H and O–H groups in total. The molecule has 1 atom stereocenters. The summed E-state index contributed by atoms with van der Waals surface area (Å²) in [5.41, 5.74) is 3.60. The zero-order valence-corrected chi connectivity index (χ0v) is 22.4. The fourth-order valence-electron chi connectivity index (χ4n) is 3.76. The van der Waals surface area contributed by atoms with Gasteiger partial charge < -0.3 is 15.2 Å². The first-order valence-electron chi connectivity index (χ1n) is 12.1. The first-order valence-corrected chi connectivity index (χ1v) is 13.1. The van der Waals surface area contributed by atoms with Crippen LogP contribution in [0.4, 0.5) is 5.69 Å². The maximum Gasteiger partial charge on any atom is 0.251 e. The van der Waals surface area contributed by atoms with E-state index in [1.54, 1.807) is 12.1 Å². The minimum absolute atomic E-state index is 0.0708. The fraction of sp³-hybridized carbons (Fsp3) is 0.357. The molecular weight excluding hydrogens is 470 g/mol. The predicted molar refractivity (Wildman–Crippen MR) is 146 cm³/mol. The number of carbonyl (C=O) groups excluding carboxylic acids is 2. The summed E-state index contributed by atoms with van der Waals surface area (Å²) in [5.74, 6) is 1.04. The zero-order chi connectivity index (χ0) is 26.2. The molecule has 0 bridgehead atoms. The van der Waals surface area contributed by atoms with Gasteiger partial charge in [-0.15, -0.1) is 16.8 Å². The molecule has 0 spiro atoms. The zero-order valence-electron chi connectivity index (χ0n) is 21.6. The van der Waals surface area contributed by atoms with Gasteiger partial charge in [-0.05, 0) is 48.6 Å². The molecule has 36 heavy (non-hydrogen) atoms. The van der Waals surface area contributed by atoms with Gasteiger partial charge in [0.1, 0.15) is 0 Å². The Kier molecular flexibility index (Phi) is 9.47. The minimum atomic E-state index is -0.354. The number of aromatic nitrogens is 3. The Morgan fingerprint density at radius 3 is 2.42 bits per heavy atom. The van der Waals surface area contributed by atoms with E-state index in [-0.39, 0.29) is 29.5 Å². The minimum Gasteiger partial charge on any atom is -0.342 e. The molecule has 7 nitrogen and oxygen atoms in total. The smallest absolute Gasteiger partial charge is 0.251 e. The third-order valence-electron chi connectivity index (χ3n) is 5.76. The Morgan fingerprint density at radius 2 is 1.81 bits per heavy atom. The van der Waals surface area contributed by atoms with Crippen LogP contribution in [0.5, 0.6) is 0 Å². The Hall–Kier alpha value is -3.39. The van der Waals surface area contributed by atoms with Crippen molar-refractivity contribution >= 4 is 29.3 Å². The van der Waals surface area contributed by atoms with Gasteiger partial charge in [0.05, 0.1) is 11.8 Å². The van der Waals surface area contributed by atoms with Crippen LogP contribution in [-0.2, 0) is 11.3 Å². The lowest BCUT2D eigenvalue weighted by Crippen LogP contribution is -2.34. The van der Waals surface area contributed by atoms with E-state index in [2.05, 4.69) is 41.3 Å². The third kappa shape index (κ3) is 7.07. The van der Waals surface area contributed by atoms with Crippen molar-refractivity contribution in [2.45, 2.75) is 58.3 Å². The second-order valence-electron chi connectivity index (χ2n) is 9.42. The number of nitrogens with one attached hydrogen (secondary N) is 2. The summed E-state index contributed by atoms with van der Waals surface area (Å²) in [5, 5.41) is 15.4. The van der Waals surface area contributed by atoms with Gasteiger partial charge in [0, 0.05) is 17.8 Å². The topological polar surface area (TPSA) is 88.9 Å². The van der Waals surface area contributed by atoms with E-state index < -0.39 is 0 Å². The van der Waals surface area contributed by atoms with Crippen molar-refractivity contribution in [3.63, 3.8) is 0 Å². The van der Waals surface area contributed by atoms with Crippen LogP contribution in [0.25, 0.3) is 0 Å². The lowest BCUT2D eigenvalue weighted by Gasteiger charge is -2.22. The Bertz CT molecular complexity index is 1200. The number of benzene rings is 2. The molecule has 3 rings (SSSR count). The highest BCUT2D eigenvalue weighted by Crippen LogP contribution is 2.26. The Morgan fingerprint density at radius 1 is 1.08 bits per heavy atom. The largest absolute Gasteiger partial charge is 0.342 e. The molecule has 0 unspecified atom stereocenters. The van der Waals surface area contributed by atoms with Crippen molar-refractivity contribution in [2.24, 2.45) is 5.92 Å². The van der Waals surface area contributed by atoms with E-state index in [4.69, 9.17) is 0 Å². The monoisotopic (exact) mass is 505 g/mol. The molecule has 3 aromatic rings. The van der Waals surface area contributed by atoms with Gasteiger partial charge in [0.2, 0.25) is 5.91 Å². The lowest BCUT2D eigenvalue weighted by molar-refractivity contribution is -0.113. The van der Waals surface area contributed by atoms with Crippen LogP contribution in [0.15, 0.2) is 66.3 Å². The normalized spacial score (nSPS) is 12.0. The highest BCUT2D eigenvalue weighted by molar-refractivity contribution is 7.99. The number of aryl methyl sites for hydroxylation is 1. The average molecular weight is 506 g/mol. The number of anilines is 1. The van der Waals surface area contributed by atoms with Crippen LogP contribution in [0, 0.1) is 12.8 Å². The van der Waals surface area contributed by atoms with Gasteiger partial charge in [0.25, 0.3) is 5.91 Å². The molecule has 0 aliphatic heterocycles. The van der Waals surface area contributed by atoms with Gasteiger partial charge in [-0.3, -0.25) is 9.59 Å². The Labute approximate surface area is 217 Å². The second kappa shape index (κ2) is 12.5. The molecule has 190 valence electrons. The van der Waals surface area contributed by atoms with Crippen LogP contribution in [0.1, 0.15) is 67.0 Å². The van der Waals surface area contributed by atoms with Crippen LogP contribution in [-0.4, -0.2) is 32.3 Å². The lowest BCUT2D eigenvalue weighted by atomic mass is 10.0. The molecule has 1 heterocycles. The molecule has 2 amide bonds. The average Bonchev–Trinajstić information content (AvgIpc) is 3.23. The number of hydrogen-bond donors (Lipinski definition) is 2. The van der Waals surface area contributed by atoms with Gasteiger partial charge in [0.15, 0.2) is 11.0 Å². The molecule has 0 aliphatic rings. The molecule has 0 saturated heterocycles. The van der Waals surface area contributed by atoms with Crippen molar-refractivity contribution < 1.29 is 9.59 Å². The van der Waals surface area contributed by atoms with Crippen molar-refractivity contribution in [2.75, 3.05) is 11.1 Å². The maximum absolute atomic E-state index is 13.0. The van der Waals surface area contributed by atoms with Gasteiger partial charge in [-0.1, -0.05) is 75.4 Å². The van der Waals surface area contributed by atoms with Crippen LogP contribution in [0.2, 0.25) is 0 Å². The number of thioether (sulfide) groups is 1. The summed E-state index contributed by atoms with van der Waals surface area (Å²) in [6.07, 6.45) is 1.76. The van der Waals surface area contributed by atoms with Gasteiger partial charge >= 0.3 is 0 Å². The summed E-state index contributed by atoms with van der Waals surface area (Å²) in [7, 11) is 0. The standard InChI is InChI=1S/C28H35N5O2S/c1-7-15-33-26(25(19(4)5)30-27(35)22-10-8-9-20(6)16-22)31-32-28(33)36-17-24(34)29-23-13-11-21(12-14-23)18(2)3/h7-14,16,18-19,25H,1,15,17H2,2-6H3,(H,29,34)(H,30,35)/t25-/m0/s1. The van der Waals surface area contributed by atoms with E-state index in [0.717, 1.165) is 11.3 Å². The summed E-state index contributed by atoms with van der Waals surface area (Å²) in [6, 6.07) is 15.0. The van der Waals surface area contributed by atoms with Crippen LogP contribution >= 0.6 is 11.8 Å². The quantitative estimate of drug-likeness (QED) is 0.256. The number of hydrogen-bond acceptors (Lipinski definition) is 5. The summed E-state index contributed by atoms with van der Waals surface area (Å²) < 4.78 is 1.91. The van der Waals surface area contributed by atoms with Gasteiger partial charge in [-0.2, -0.15) is 0 Å². The van der Waals surface area contributed by atoms with Crippen molar-refractivity contribution in [3.8, 4) is 0 Å². The van der Waals surface area contributed by atoms with E-state index in [0.29, 0.717) is 29.0 Å². The molecular formula is C28H35N5O2S. The highest BCUT2D eigenvalue weighted by atomic mass is 32.2. The molecule has 1 aromatic heterocycles. The molecule has 8 heteroatoms. The van der Waals surface area contributed by atoms with E-state index in [1.165, 1.54) is 17.3 Å². The molecule has 0 saturated carbocycles. The maximum atomic E-state index is 13.0. The number of carbonyl (C=O) groups is 2. The van der Waals surface area contributed by atoms with Crippen LogP contribution < -0.4 is 10.6 Å². The van der Waals surface area contributed by atoms with E-state index in [1.807, 2.05) is 67.8 Å². The SMILES string of the molecule is C=CCn1c(SCC(=O)Nc2ccc(C(C)C)cc2)nnc1[C@@H](NC(=O)c1cccc(C)c1)C(C)C. The Balaban J connectivity index is 1.72. The molecule has 2 aromatic carbocycles. The van der Waals surface area contributed by atoms with Crippen molar-refractivity contribution in [1.29, 1.82) is 0 Å². The number of rotatable bonds is 11. The molecule has 0 radical (unpaired) electrons. The summed E-state index contributed by atoms with van der Waals surface area (Å²) in [6.45, 7) is 14.6. The van der Waals surface area contributed by atoms with Crippen LogP contribution in [0.3, 0.4) is 0 Å². The predicted octanol–water partition coefficient (Wildman–Crippen LogP) is 5.75. The van der Waals surface area contributed by atoms with E-state index in [9.17, 15) is 9.59 Å². The first-order chi connectivity index (χ1) is 17.2. The number of allylic oxidation sites excluding steroid dienone is 1. The third-order valence-corrected chi connectivity index (χ3v) is 6.73. The molecule has 0 fully saturated rings. The van der Waals surface area contributed by atoms with Crippen molar-refractivity contribution in [1.82, 2.24) is 20.1 Å². The number of amides is 2. The fourth-order valence-corrected chi connectivity index (χ4v) is 4.51. The number of nitrogens with zero attached hydrogens (tertiary/aromatic N) is 3. The summed E-state index contributed by atoms with van der Waals surface area (Å²) in [4.78, 5) is 25.5. The van der Waals surface area contributed by atoms with Crippen molar-refractivity contribution in [3.05, 3.63) is 83.7 Å². The molecule has 0 aliphatic carbocycles. The summed E-state index contributed by atoms with van der Waals surface area (Å²) >= 11 is 1.31. The highest BCUT2D eigenvalue weighted by Gasteiger charge is 2.26. The van der Waals surface area contributed by atoms with Gasteiger partial charge in [-0.25, -0.2) is 0 Å². The second-order valence-corrected chi connectivity index (χ2v) is 10.4.